The molecule has 0 radical (unpaired) electrons. The third kappa shape index (κ3) is 4.52. The van der Waals surface area contributed by atoms with Gasteiger partial charge < -0.3 is 4.74 Å². The van der Waals surface area contributed by atoms with Crippen molar-refractivity contribution in [2.75, 3.05) is 11.8 Å². The van der Waals surface area contributed by atoms with Crippen LogP contribution in [0.25, 0.3) is 32.0 Å². The molecular weight excluding hydrogens is 504 g/mol. The molecule has 5 aromatic rings. The van der Waals surface area contributed by atoms with Crippen molar-refractivity contribution in [2.45, 2.75) is 11.8 Å². The van der Waals surface area contributed by atoms with E-state index in [1.165, 1.54) is 11.3 Å². The molecule has 5 rings (SSSR count). The van der Waals surface area contributed by atoms with E-state index in [0.717, 1.165) is 33.8 Å². The van der Waals surface area contributed by atoms with Crippen LogP contribution in [0.4, 0.5) is 14.5 Å². The minimum atomic E-state index is -4.36. The molecule has 2 aromatic heterocycles. The number of pyridine rings is 1. The smallest absolute Gasteiger partial charge is 0.264 e. The monoisotopic (exact) mass is 523 g/mol. The number of aromatic nitrogens is 2. The van der Waals surface area contributed by atoms with E-state index >= 15 is 0 Å². The number of rotatable bonds is 6. The second-order valence-corrected chi connectivity index (χ2v) is 10.6. The number of sulfonamides is 1. The average molecular weight is 524 g/mol. The highest BCUT2D eigenvalue weighted by atomic mass is 32.2. The first kappa shape index (κ1) is 23.8. The van der Waals surface area contributed by atoms with Crippen molar-refractivity contribution >= 4 is 37.4 Å². The predicted molar refractivity (Wildman–Crippen MR) is 137 cm³/mol. The van der Waals surface area contributed by atoms with Gasteiger partial charge >= 0.3 is 0 Å². The maximum atomic E-state index is 14.1. The third-order valence-corrected chi connectivity index (χ3v) is 8.03. The standard InChI is InChI=1S/C26H19F2N3O3S2/c1-15-20(7-4-8-22(15)31-36(32,33)24-13-18(27)9-10-21(24)28)25-30-23-12-17(14-29-26(23)35-25)16-5-3-6-19(11-16)34-2/h3-14,31H,1-2H3. The number of fused-ring (bicyclic) bond motifs is 1. The number of anilines is 1. The molecule has 0 atom stereocenters. The van der Waals surface area contributed by atoms with Crippen LogP contribution in [0.3, 0.4) is 0 Å². The minimum absolute atomic E-state index is 0.237. The quantitative estimate of drug-likeness (QED) is 0.278. The Morgan fingerprint density at radius 1 is 0.972 bits per heavy atom. The number of halogens is 2. The average Bonchev–Trinajstić information content (AvgIpc) is 3.30. The number of benzene rings is 3. The van der Waals surface area contributed by atoms with Gasteiger partial charge in [-0.2, -0.15) is 0 Å². The number of nitrogens with one attached hydrogen (secondary N) is 1. The van der Waals surface area contributed by atoms with Crippen LogP contribution in [0.5, 0.6) is 5.75 Å². The zero-order chi connectivity index (χ0) is 25.4. The maximum absolute atomic E-state index is 14.1. The molecule has 2 heterocycles. The van der Waals surface area contributed by atoms with Crippen molar-refractivity contribution in [2.24, 2.45) is 0 Å². The first-order valence-corrected chi connectivity index (χ1v) is 13.0. The van der Waals surface area contributed by atoms with E-state index in [2.05, 4.69) is 9.71 Å². The fourth-order valence-electron chi connectivity index (χ4n) is 3.76. The van der Waals surface area contributed by atoms with E-state index in [1.807, 2.05) is 36.4 Å². The maximum Gasteiger partial charge on any atom is 0.264 e. The van der Waals surface area contributed by atoms with Crippen molar-refractivity contribution in [3.63, 3.8) is 0 Å². The SMILES string of the molecule is COc1cccc(-c2cnc3sc(-c4cccc(NS(=O)(=O)c5cc(F)ccc5F)c4C)nc3c2)c1. The summed E-state index contributed by atoms with van der Waals surface area (Å²) < 4.78 is 60.9. The summed E-state index contributed by atoms with van der Waals surface area (Å²) in [6.07, 6.45) is 1.77. The van der Waals surface area contributed by atoms with Crippen LogP contribution in [-0.2, 0) is 10.0 Å². The summed E-state index contributed by atoms with van der Waals surface area (Å²) in [5.41, 5.74) is 4.04. The van der Waals surface area contributed by atoms with Gasteiger partial charge in [-0.25, -0.2) is 27.2 Å². The first-order chi connectivity index (χ1) is 17.2. The molecule has 0 bridgehead atoms. The second-order valence-electron chi connectivity index (χ2n) is 7.96. The van der Waals surface area contributed by atoms with Crippen LogP contribution in [0.15, 0.2) is 77.8 Å². The summed E-state index contributed by atoms with van der Waals surface area (Å²) in [7, 11) is -2.75. The van der Waals surface area contributed by atoms with E-state index in [4.69, 9.17) is 9.72 Å². The lowest BCUT2D eigenvalue weighted by Crippen LogP contribution is -2.15. The molecule has 182 valence electrons. The molecule has 0 fully saturated rings. The van der Waals surface area contributed by atoms with Crippen molar-refractivity contribution in [3.8, 4) is 27.4 Å². The predicted octanol–water partition coefficient (Wildman–Crippen LogP) is 6.42. The molecule has 10 heteroatoms. The van der Waals surface area contributed by atoms with Crippen molar-refractivity contribution in [3.05, 3.63) is 90.1 Å². The van der Waals surface area contributed by atoms with Crippen LogP contribution in [0.1, 0.15) is 5.56 Å². The van der Waals surface area contributed by atoms with Crippen LogP contribution in [-0.4, -0.2) is 25.5 Å². The Kier molecular flexibility index (Phi) is 6.15. The van der Waals surface area contributed by atoms with Gasteiger partial charge in [0.2, 0.25) is 0 Å². The molecule has 0 amide bonds. The van der Waals surface area contributed by atoms with E-state index in [0.29, 0.717) is 27.7 Å². The highest BCUT2D eigenvalue weighted by Crippen LogP contribution is 2.36. The van der Waals surface area contributed by atoms with Gasteiger partial charge in [0.1, 0.15) is 37.6 Å². The Labute approximate surface area is 210 Å². The van der Waals surface area contributed by atoms with Crippen molar-refractivity contribution in [1.29, 1.82) is 0 Å². The number of hydrogen-bond acceptors (Lipinski definition) is 6. The zero-order valence-electron chi connectivity index (χ0n) is 19.1. The van der Waals surface area contributed by atoms with Gasteiger partial charge in [-0.15, -0.1) is 0 Å². The molecule has 0 saturated carbocycles. The van der Waals surface area contributed by atoms with Crippen LogP contribution >= 0.6 is 11.3 Å². The summed E-state index contributed by atoms with van der Waals surface area (Å²) in [6.45, 7) is 1.73. The summed E-state index contributed by atoms with van der Waals surface area (Å²) >= 11 is 1.37. The molecule has 0 aliphatic carbocycles. The second kappa shape index (κ2) is 9.29. The Balaban J connectivity index is 1.50. The van der Waals surface area contributed by atoms with E-state index < -0.39 is 26.6 Å². The topological polar surface area (TPSA) is 81.2 Å². The van der Waals surface area contributed by atoms with Crippen molar-refractivity contribution in [1.82, 2.24) is 9.97 Å². The summed E-state index contributed by atoms with van der Waals surface area (Å²) in [5.74, 6) is -1.15. The van der Waals surface area contributed by atoms with Gasteiger partial charge in [-0.3, -0.25) is 4.72 Å². The molecule has 6 nitrogen and oxygen atoms in total. The highest BCUT2D eigenvalue weighted by molar-refractivity contribution is 7.92. The lowest BCUT2D eigenvalue weighted by molar-refractivity contribution is 0.415. The fourth-order valence-corrected chi connectivity index (χ4v) is 5.95. The number of thiazole rings is 1. The number of nitrogens with zero attached hydrogens (tertiary/aromatic N) is 2. The van der Waals surface area contributed by atoms with Crippen LogP contribution < -0.4 is 9.46 Å². The Bertz CT molecular complexity index is 1720. The number of methoxy groups -OCH3 is 1. The minimum Gasteiger partial charge on any atom is -0.497 e. The Morgan fingerprint density at radius 3 is 2.58 bits per heavy atom. The van der Waals surface area contributed by atoms with Gasteiger partial charge in [0.05, 0.1) is 12.8 Å². The number of ether oxygens (including phenoxy) is 1. The van der Waals surface area contributed by atoms with E-state index in [9.17, 15) is 17.2 Å². The molecule has 1 N–H and O–H groups in total. The molecule has 0 saturated heterocycles. The molecule has 0 unspecified atom stereocenters. The third-order valence-electron chi connectivity index (χ3n) is 5.64. The normalized spacial score (nSPS) is 11.6. The lowest BCUT2D eigenvalue weighted by atomic mass is 10.1. The number of hydrogen-bond donors (Lipinski definition) is 1. The van der Waals surface area contributed by atoms with Gasteiger partial charge in [-0.1, -0.05) is 35.6 Å². The van der Waals surface area contributed by atoms with E-state index in [-0.39, 0.29) is 5.69 Å². The molecule has 36 heavy (non-hydrogen) atoms. The highest BCUT2D eigenvalue weighted by Gasteiger charge is 2.22. The largest absolute Gasteiger partial charge is 0.497 e. The molecule has 0 spiro atoms. The zero-order valence-corrected chi connectivity index (χ0v) is 20.8. The van der Waals surface area contributed by atoms with Crippen molar-refractivity contribution < 1.29 is 21.9 Å². The first-order valence-electron chi connectivity index (χ1n) is 10.7. The Morgan fingerprint density at radius 2 is 1.78 bits per heavy atom. The summed E-state index contributed by atoms with van der Waals surface area (Å²) in [4.78, 5) is 9.25. The van der Waals surface area contributed by atoms with Crippen LogP contribution in [0.2, 0.25) is 0 Å². The van der Waals surface area contributed by atoms with Gasteiger partial charge in [0, 0.05) is 17.3 Å². The van der Waals surface area contributed by atoms with Gasteiger partial charge in [0.15, 0.2) is 0 Å². The molecule has 3 aromatic carbocycles. The Hall–Kier alpha value is -3.89. The molecular formula is C26H19F2N3O3S2. The van der Waals surface area contributed by atoms with Gasteiger partial charge in [0.25, 0.3) is 10.0 Å². The summed E-state index contributed by atoms with van der Waals surface area (Å²) in [5, 5.41) is 0.649. The lowest BCUT2D eigenvalue weighted by Gasteiger charge is -2.13. The fraction of sp³-hybridized carbons (Fsp3) is 0.0769. The van der Waals surface area contributed by atoms with Crippen LogP contribution in [0, 0.1) is 18.6 Å². The molecule has 0 aliphatic heterocycles. The van der Waals surface area contributed by atoms with E-state index in [1.54, 1.807) is 32.4 Å². The summed E-state index contributed by atoms with van der Waals surface area (Å²) in [6, 6.07) is 16.9. The molecule has 0 aliphatic rings. The van der Waals surface area contributed by atoms with Gasteiger partial charge in [-0.05, 0) is 60.5 Å².